The van der Waals surface area contributed by atoms with Gasteiger partial charge in [0.25, 0.3) is 5.91 Å². The van der Waals surface area contributed by atoms with Crippen LogP contribution in [-0.4, -0.2) is 26.1 Å². The monoisotopic (exact) mass is 561 g/mol. The number of rotatable bonds is 8. The van der Waals surface area contributed by atoms with E-state index >= 15 is 4.39 Å². The minimum atomic E-state index is -4.07. The largest absolute Gasteiger partial charge is 0.457 e. The molecule has 0 radical (unpaired) electrons. The molecule has 0 aromatic heterocycles. The van der Waals surface area contributed by atoms with Crippen LogP contribution < -0.4 is 26.2 Å². The van der Waals surface area contributed by atoms with E-state index in [1.165, 1.54) is 61.5 Å². The second kappa shape index (κ2) is 11.4. The van der Waals surface area contributed by atoms with Crippen molar-refractivity contribution in [1.82, 2.24) is 0 Å². The minimum Gasteiger partial charge on any atom is -0.457 e. The molecule has 204 valence electrons. The highest BCUT2D eigenvalue weighted by Gasteiger charge is 2.19. The molecule has 7 N–H and O–H groups in total. The van der Waals surface area contributed by atoms with E-state index in [0.29, 0.717) is 11.3 Å². The first-order chi connectivity index (χ1) is 18.9. The average molecular weight is 562 g/mol. The number of hydrogen-bond acceptors (Lipinski definition) is 6. The molecule has 0 unspecified atom stereocenters. The van der Waals surface area contributed by atoms with Crippen LogP contribution in [0.3, 0.4) is 0 Å². The number of benzene rings is 4. The number of nitrogens with one attached hydrogen (secondary N) is 3. The molecule has 12 heteroatoms. The molecule has 0 heterocycles. The van der Waals surface area contributed by atoms with Crippen LogP contribution in [0.2, 0.25) is 0 Å². The third-order valence-corrected chi connectivity index (χ3v) is 6.61. The van der Waals surface area contributed by atoms with Crippen molar-refractivity contribution in [3.63, 3.8) is 0 Å². The van der Waals surface area contributed by atoms with Crippen LogP contribution in [0.4, 0.5) is 15.8 Å². The van der Waals surface area contributed by atoms with E-state index in [4.69, 9.17) is 21.0 Å². The first kappa shape index (κ1) is 28.0. The van der Waals surface area contributed by atoms with Gasteiger partial charge >= 0.3 is 0 Å². The van der Waals surface area contributed by atoms with Crippen molar-refractivity contribution >= 4 is 39.0 Å². The normalized spacial score (nSPS) is 11.0. The summed E-state index contributed by atoms with van der Waals surface area (Å²) in [5.74, 6) is -1.73. The molecule has 0 bridgehead atoms. The summed E-state index contributed by atoms with van der Waals surface area (Å²) in [5.41, 5.74) is 6.49. The summed E-state index contributed by atoms with van der Waals surface area (Å²) in [4.78, 5) is 24.7. The first-order valence-corrected chi connectivity index (χ1v) is 13.2. The predicted octanol–water partition coefficient (Wildman–Crippen LogP) is 4.43. The quantitative estimate of drug-likeness (QED) is 0.157. The Bertz CT molecular complexity index is 1760. The highest BCUT2D eigenvalue weighted by atomic mass is 32.2. The third-order valence-electron chi connectivity index (χ3n) is 5.64. The molecule has 0 atom stereocenters. The van der Waals surface area contributed by atoms with Crippen LogP contribution in [0, 0.1) is 11.2 Å². The van der Waals surface area contributed by atoms with Crippen LogP contribution in [0.25, 0.3) is 11.1 Å². The van der Waals surface area contributed by atoms with Crippen LogP contribution in [0.1, 0.15) is 22.8 Å². The number of ether oxygens (including phenoxy) is 1. The summed E-state index contributed by atoms with van der Waals surface area (Å²) < 4.78 is 45.0. The predicted molar refractivity (Wildman–Crippen MR) is 149 cm³/mol. The van der Waals surface area contributed by atoms with Crippen molar-refractivity contribution in [2.75, 3.05) is 10.6 Å². The van der Waals surface area contributed by atoms with Gasteiger partial charge in [-0.1, -0.05) is 36.4 Å². The molecule has 40 heavy (non-hydrogen) atoms. The Hall–Kier alpha value is -5.07. The number of carbonyl (C=O) groups excluding carboxylic acids is 2. The molecule has 0 fully saturated rings. The summed E-state index contributed by atoms with van der Waals surface area (Å²) in [6.45, 7) is 1.31. The molecular weight excluding hydrogens is 537 g/mol. The Balaban J connectivity index is 1.67. The van der Waals surface area contributed by atoms with Gasteiger partial charge in [0, 0.05) is 23.7 Å². The molecule has 10 nitrogen and oxygen atoms in total. The van der Waals surface area contributed by atoms with Gasteiger partial charge in [-0.15, -0.1) is 0 Å². The van der Waals surface area contributed by atoms with E-state index < -0.39 is 21.7 Å². The highest BCUT2D eigenvalue weighted by molar-refractivity contribution is 7.89. The van der Waals surface area contributed by atoms with Crippen molar-refractivity contribution in [3.05, 3.63) is 102 Å². The summed E-state index contributed by atoms with van der Waals surface area (Å²) in [6.07, 6.45) is 0. The number of anilines is 2. The fraction of sp³-hybridized carbons (Fsp3) is 0.0357. The van der Waals surface area contributed by atoms with E-state index in [-0.39, 0.29) is 50.5 Å². The molecule has 0 saturated carbocycles. The maximum atomic E-state index is 15.1. The van der Waals surface area contributed by atoms with Crippen LogP contribution in [0.5, 0.6) is 11.5 Å². The molecule has 0 saturated heterocycles. The fourth-order valence-corrected chi connectivity index (χ4v) is 4.62. The SMILES string of the molecule is CC(=O)Nc1ccc(Oc2cccc(C(=N)N)c2)c(C(=O)Nc2ccc(-c3ccccc3S(N)(=O)=O)cc2F)c1. The maximum absolute atomic E-state index is 15.1. The Morgan fingerprint density at radius 2 is 1.68 bits per heavy atom. The van der Waals surface area contributed by atoms with Gasteiger partial charge in [-0.3, -0.25) is 15.0 Å². The fourth-order valence-electron chi connectivity index (χ4n) is 3.86. The molecule has 4 aromatic carbocycles. The van der Waals surface area contributed by atoms with E-state index in [2.05, 4.69) is 10.6 Å². The van der Waals surface area contributed by atoms with E-state index in [1.807, 2.05) is 0 Å². The molecule has 0 aliphatic rings. The summed E-state index contributed by atoms with van der Waals surface area (Å²) >= 11 is 0. The van der Waals surface area contributed by atoms with E-state index in [0.717, 1.165) is 6.07 Å². The second-order valence-corrected chi connectivity index (χ2v) is 10.2. The number of halogens is 1. The molecular formula is C28H24FN5O5S. The van der Waals surface area contributed by atoms with Crippen molar-refractivity contribution in [1.29, 1.82) is 5.41 Å². The molecule has 4 rings (SSSR count). The van der Waals surface area contributed by atoms with Crippen molar-refractivity contribution in [2.24, 2.45) is 10.9 Å². The number of sulfonamides is 1. The third kappa shape index (κ3) is 6.49. The zero-order chi connectivity index (χ0) is 29.0. The number of primary sulfonamides is 1. The molecule has 0 aliphatic carbocycles. The van der Waals surface area contributed by atoms with Gasteiger partial charge in [-0.05, 0) is 54.1 Å². The summed E-state index contributed by atoms with van der Waals surface area (Å²) in [5, 5.41) is 18.0. The van der Waals surface area contributed by atoms with Gasteiger partial charge in [-0.2, -0.15) is 0 Å². The van der Waals surface area contributed by atoms with Crippen LogP contribution in [-0.2, 0) is 14.8 Å². The average Bonchev–Trinajstić information content (AvgIpc) is 2.90. The Morgan fingerprint density at radius 3 is 2.35 bits per heavy atom. The van der Waals surface area contributed by atoms with Gasteiger partial charge in [0.15, 0.2) is 0 Å². The van der Waals surface area contributed by atoms with Crippen molar-refractivity contribution in [3.8, 4) is 22.6 Å². The van der Waals surface area contributed by atoms with Gasteiger partial charge in [0.05, 0.1) is 16.1 Å². The summed E-state index contributed by atoms with van der Waals surface area (Å²) in [6, 6.07) is 20.4. The zero-order valence-electron chi connectivity index (χ0n) is 21.1. The van der Waals surface area contributed by atoms with Gasteiger partial charge < -0.3 is 21.1 Å². The lowest BCUT2D eigenvalue weighted by Crippen LogP contribution is -2.15. The standard InChI is InChI=1S/C28H24FN5O5S/c1-16(35)33-19-10-12-25(39-20-6-4-5-18(13-20)27(30)31)22(15-19)28(36)34-24-11-9-17(14-23(24)29)21-7-2-3-8-26(21)40(32,37)38/h2-15H,1H3,(H3,30,31)(H,33,35)(H,34,36)(H2,32,37,38). The minimum absolute atomic E-state index is 0.0254. The smallest absolute Gasteiger partial charge is 0.259 e. The number of carbonyl (C=O) groups is 2. The number of hydrogen-bond donors (Lipinski definition) is 5. The van der Waals surface area contributed by atoms with E-state index in [1.54, 1.807) is 24.3 Å². The molecule has 0 spiro atoms. The van der Waals surface area contributed by atoms with Crippen molar-refractivity contribution in [2.45, 2.75) is 11.8 Å². The lowest BCUT2D eigenvalue weighted by atomic mass is 10.0. The lowest BCUT2D eigenvalue weighted by molar-refractivity contribution is -0.114. The Labute approximate surface area is 229 Å². The van der Waals surface area contributed by atoms with Gasteiger partial charge in [0.2, 0.25) is 15.9 Å². The lowest BCUT2D eigenvalue weighted by Gasteiger charge is -2.15. The molecule has 0 aliphatic heterocycles. The topological polar surface area (TPSA) is 177 Å². The zero-order valence-corrected chi connectivity index (χ0v) is 21.9. The number of amidine groups is 1. The highest BCUT2D eigenvalue weighted by Crippen LogP contribution is 2.32. The maximum Gasteiger partial charge on any atom is 0.259 e. The Morgan fingerprint density at radius 1 is 0.925 bits per heavy atom. The Kier molecular flexibility index (Phi) is 7.93. The van der Waals surface area contributed by atoms with Crippen LogP contribution in [0.15, 0.2) is 89.8 Å². The molecule has 4 aromatic rings. The van der Waals surface area contributed by atoms with Gasteiger partial charge in [-0.25, -0.2) is 17.9 Å². The van der Waals surface area contributed by atoms with Gasteiger partial charge in [0.1, 0.15) is 23.2 Å². The van der Waals surface area contributed by atoms with E-state index in [9.17, 15) is 18.0 Å². The number of amides is 2. The second-order valence-electron chi connectivity index (χ2n) is 8.63. The number of nitrogens with two attached hydrogens (primary N) is 2. The first-order valence-electron chi connectivity index (χ1n) is 11.7. The van der Waals surface area contributed by atoms with Crippen LogP contribution >= 0.6 is 0 Å². The van der Waals surface area contributed by atoms with Crippen molar-refractivity contribution < 1.29 is 27.1 Å². The molecule has 2 amide bonds. The number of nitrogen functional groups attached to an aromatic ring is 1. The summed E-state index contributed by atoms with van der Waals surface area (Å²) in [7, 11) is -4.07.